The van der Waals surface area contributed by atoms with Gasteiger partial charge in [0.05, 0.1) is 31.0 Å². The minimum Gasteiger partial charge on any atom is -0.470 e. The number of carbonyl (C=O) groups is 1. The zero-order valence-corrected chi connectivity index (χ0v) is 17.4. The molecular formula is C24H24N2O6. The maximum absolute atomic E-state index is 11.9. The van der Waals surface area contributed by atoms with Crippen molar-refractivity contribution in [3.63, 3.8) is 0 Å². The van der Waals surface area contributed by atoms with Crippen LogP contribution in [0.1, 0.15) is 28.8 Å². The molecule has 1 saturated carbocycles. The molecule has 0 bridgehead atoms. The van der Waals surface area contributed by atoms with Gasteiger partial charge in [-0.05, 0) is 30.5 Å². The molecule has 3 N–H and O–H groups in total. The van der Waals surface area contributed by atoms with E-state index in [4.69, 9.17) is 19.2 Å². The number of aliphatic hydroxyl groups is 2. The van der Waals surface area contributed by atoms with E-state index in [2.05, 4.69) is 4.98 Å². The van der Waals surface area contributed by atoms with Gasteiger partial charge < -0.3 is 29.4 Å². The van der Waals surface area contributed by atoms with Crippen LogP contribution in [0.4, 0.5) is 0 Å². The van der Waals surface area contributed by atoms with E-state index < -0.39 is 18.3 Å². The average Bonchev–Trinajstić information content (AvgIpc) is 3.21. The number of benzene rings is 1. The number of carbonyl (C=O) groups excluding carboxylic acids is 1. The number of pyridine rings is 1. The van der Waals surface area contributed by atoms with E-state index in [9.17, 15) is 15.0 Å². The zero-order valence-electron chi connectivity index (χ0n) is 17.4. The molecule has 3 fully saturated rings. The Morgan fingerprint density at radius 1 is 1.12 bits per heavy atom. The molecule has 0 spiro atoms. The lowest BCUT2D eigenvalue weighted by molar-refractivity contribution is 0.00784. The van der Waals surface area contributed by atoms with Crippen molar-refractivity contribution in [1.29, 1.82) is 0 Å². The molecule has 4 atom stereocenters. The topological polar surface area (TPSA) is 114 Å². The first-order valence-electron chi connectivity index (χ1n) is 10.9. The number of aromatic amines is 1. The molecule has 2 aromatic heterocycles. The number of rotatable bonds is 6. The quantitative estimate of drug-likeness (QED) is 0.506. The van der Waals surface area contributed by atoms with Crippen LogP contribution in [0, 0.1) is 0 Å². The Hall–Kier alpha value is -2.78. The second-order valence-corrected chi connectivity index (χ2v) is 8.91. The highest BCUT2D eigenvalue weighted by molar-refractivity contribution is 5.98. The summed E-state index contributed by atoms with van der Waals surface area (Å²) in [5.74, 6) is 0.327. The molecule has 8 heteroatoms. The number of aliphatic hydroxyl groups excluding tert-OH is 2. The zero-order chi connectivity index (χ0) is 21.9. The molecule has 3 aliphatic rings. The van der Waals surface area contributed by atoms with Crippen LogP contribution < -0.4 is 4.74 Å². The number of nitrogens with one attached hydrogen (secondary N) is 1. The van der Waals surface area contributed by atoms with Gasteiger partial charge in [-0.25, -0.2) is 4.98 Å². The molecule has 2 aliphatic heterocycles. The summed E-state index contributed by atoms with van der Waals surface area (Å²) < 4.78 is 17.3. The number of H-pyrrole nitrogens is 1. The van der Waals surface area contributed by atoms with Gasteiger partial charge >= 0.3 is 0 Å². The van der Waals surface area contributed by atoms with Gasteiger partial charge in [0, 0.05) is 11.0 Å². The standard InChI is InChI=1S/C24H24N2O6/c27-9-15-20-17(26-23(15)32-19-11-31-21-18(29)10-30-22(19)21)6-5-16(25-20)13-1-3-14(4-2-13)24(12-28)7-8-24/h1-6,9,18-19,21-22,26,28-29H,7-8,10-12H2/t18-,19-,21-,22-/m1/s1. The number of aldehydes is 1. The van der Waals surface area contributed by atoms with E-state index in [0.29, 0.717) is 22.5 Å². The summed E-state index contributed by atoms with van der Waals surface area (Å²) in [7, 11) is 0. The Morgan fingerprint density at radius 2 is 1.91 bits per heavy atom. The maximum atomic E-state index is 11.9. The minimum atomic E-state index is -0.662. The van der Waals surface area contributed by atoms with Crippen molar-refractivity contribution in [3.8, 4) is 17.1 Å². The summed E-state index contributed by atoms with van der Waals surface area (Å²) in [6.07, 6.45) is 0.911. The Morgan fingerprint density at radius 3 is 2.62 bits per heavy atom. The summed E-state index contributed by atoms with van der Waals surface area (Å²) in [6.45, 7) is 0.662. The molecule has 3 aromatic rings. The summed E-state index contributed by atoms with van der Waals surface area (Å²) in [5, 5.41) is 19.6. The molecule has 6 rings (SSSR count). The third-order valence-corrected chi connectivity index (χ3v) is 6.96. The van der Waals surface area contributed by atoms with E-state index >= 15 is 0 Å². The van der Waals surface area contributed by atoms with E-state index in [-0.39, 0.29) is 31.3 Å². The van der Waals surface area contributed by atoms with Crippen LogP contribution in [-0.2, 0) is 14.9 Å². The fraction of sp³-hybridized carbons (Fsp3) is 0.417. The molecule has 0 radical (unpaired) electrons. The predicted molar refractivity (Wildman–Crippen MR) is 115 cm³/mol. The minimum absolute atomic E-state index is 0.0739. The van der Waals surface area contributed by atoms with Crippen molar-refractivity contribution in [2.45, 2.75) is 42.7 Å². The Labute approximate surface area is 184 Å². The number of fused-ring (bicyclic) bond motifs is 2. The van der Waals surface area contributed by atoms with Crippen molar-refractivity contribution in [2.24, 2.45) is 0 Å². The Balaban J connectivity index is 1.29. The molecule has 0 amide bonds. The smallest absolute Gasteiger partial charge is 0.204 e. The Kier molecular flexibility index (Phi) is 4.58. The lowest BCUT2D eigenvalue weighted by Gasteiger charge is -2.17. The van der Waals surface area contributed by atoms with Crippen molar-refractivity contribution in [2.75, 3.05) is 19.8 Å². The lowest BCUT2D eigenvalue weighted by Crippen LogP contribution is -2.34. The second kappa shape index (κ2) is 7.38. The first-order valence-corrected chi connectivity index (χ1v) is 10.9. The number of nitrogens with zero attached hydrogens (tertiary/aromatic N) is 1. The fourth-order valence-corrected chi connectivity index (χ4v) is 4.81. The van der Waals surface area contributed by atoms with Crippen LogP contribution in [0.15, 0.2) is 36.4 Å². The van der Waals surface area contributed by atoms with Gasteiger partial charge in [-0.15, -0.1) is 0 Å². The number of aromatic nitrogens is 2. The van der Waals surface area contributed by atoms with Crippen molar-refractivity contribution >= 4 is 17.3 Å². The van der Waals surface area contributed by atoms with Crippen LogP contribution in [0.3, 0.4) is 0 Å². The summed E-state index contributed by atoms with van der Waals surface area (Å²) in [6, 6.07) is 11.9. The van der Waals surface area contributed by atoms with Gasteiger partial charge in [0.25, 0.3) is 0 Å². The molecular weight excluding hydrogens is 412 g/mol. The molecule has 8 nitrogen and oxygen atoms in total. The summed E-state index contributed by atoms with van der Waals surface area (Å²) >= 11 is 0. The third kappa shape index (κ3) is 3.06. The van der Waals surface area contributed by atoms with Crippen LogP contribution in [0.25, 0.3) is 22.3 Å². The molecule has 166 valence electrons. The molecule has 32 heavy (non-hydrogen) atoms. The highest BCUT2D eigenvalue weighted by atomic mass is 16.6. The first-order chi connectivity index (χ1) is 15.6. The second-order valence-electron chi connectivity index (χ2n) is 8.91. The molecule has 4 heterocycles. The largest absolute Gasteiger partial charge is 0.470 e. The van der Waals surface area contributed by atoms with E-state index in [1.165, 1.54) is 0 Å². The highest BCUT2D eigenvalue weighted by Gasteiger charge is 2.48. The Bertz CT molecular complexity index is 1170. The van der Waals surface area contributed by atoms with Gasteiger partial charge in [0.1, 0.15) is 29.4 Å². The van der Waals surface area contributed by atoms with Crippen molar-refractivity contribution in [1.82, 2.24) is 9.97 Å². The van der Waals surface area contributed by atoms with Crippen LogP contribution in [-0.4, -0.2) is 70.7 Å². The third-order valence-electron chi connectivity index (χ3n) is 6.96. The number of hydrogen-bond donors (Lipinski definition) is 3. The normalized spacial score (nSPS) is 28.1. The number of hydrogen-bond acceptors (Lipinski definition) is 7. The van der Waals surface area contributed by atoms with Crippen molar-refractivity contribution in [3.05, 3.63) is 47.5 Å². The summed E-state index contributed by atoms with van der Waals surface area (Å²) in [4.78, 5) is 19.8. The van der Waals surface area contributed by atoms with E-state index in [0.717, 1.165) is 35.9 Å². The van der Waals surface area contributed by atoms with E-state index in [1.807, 2.05) is 36.4 Å². The van der Waals surface area contributed by atoms with E-state index in [1.54, 1.807) is 0 Å². The van der Waals surface area contributed by atoms with Gasteiger partial charge in [-0.1, -0.05) is 24.3 Å². The highest BCUT2D eigenvalue weighted by Crippen LogP contribution is 2.47. The molecule has 1 aliphatic carbocycles. The monoisotopic (exact) mass is 436 g/mol. The molecule has 2 saturated heterocycles. The van der Waals surface area contributed by atoms with Crippen LogP contribution in [0.5, 0.6) is 5.88 Å². The van der Waals surface area contributed by atoms with Crippen molar-refractivity contribution < 1.29 is 29.2 Å². The lowest BCUT2D eigenvalue weighted by atomic mass is 9.95. The maximum Gasteiger partial charge on any atom is 0.204 e. The average molecular weight is 436 g/mol. The predicted octanol–water partition coefficient (Wildman–Crippen LogP) is 1.97. The van der Waals surface area contributed by atoms with Gasteiger partial charge in [-0.2, -0.15) is 0 Å². The molecule has 0 unspecified atom stereocenters. The summed E-state index contributed by atoms with van der Waals surface area (Å²) in [5.41, 5.74) is 4.33. The van der Waals surface area contributed by atoms with Gasteiger partial charge in [-0.3, -0.25) is 4.79 Å². The van der Waals surface area contributed by atoms with Crippen LogP contribution in [0.2, 0.25) is 0 Å². The van der Waals surface area contributed by atoms with Gasteiger partial charge in [0.15, 0.2) is 12.4 Å². The molecule has 1 aromatic carbocycles. The first kappa shape index (κ1) is 19.9. The van der Waals surface area contributed by atoms with Gasteiger partial charge in [0.2, 0.25) is 5.88 Å². The SMILES string of the molecule is O=Cc1c(O[C@@H]2CO[C@H]3[C@@H]2OC[C@H]3O)[nH]c2ccc(-c3ccc(C4(CO)CC4)cc3)nc12. The number of ether oxygens (including phenoxy) is 3. The fourth-order valence-electron chi connectivity index (χ4n) is 4.81. The van der Waals surface area contributed by atoms with Crippen LogP contribution >= 0.6 is 0 Å².